The highest BCUT2D eigenvalue weighted by Gasteiger charge is 2.22. The Balaban J connectivity index is 1.37. The molecule has 1 N–H and O–H groups in total. The van der Waals surface area contributed by atoms with E-state index in [0.29, 0.717) is 12.5 Å². The summed E-state index contributed by atoms with van der Waals surface area (Å²) in [6, 6.07) is 5.79. The molecule has 4 rings (SSSR count). The Morgan fingerprint density at radius 3 is 3.15 bits per heavy atom. The van der Waals surface area contributed by atoms with Gasteiger partial charge in [-0.25, -0.2) is 9.97 Å². The monoisotopic (exact) mass is 386 g/mol. The van der Waals surface area contributed by atoms with Gasteiger partial charge in [0.25, 0.3) is 5.91 Å². The fourth-order valence-electron chi connectivity index (χ4n) is 3.38. The number of thiazole rings is 2. The van der Waals surface area contributed by atoms with E-state index in [0.717, 1.165) is 58.3 Å². The summed E-state index contributed by atoms with van der Waals surface area (Å²) >= 11 is 3.35. The van der Waals surface area contributed by atoms with E-state index >= 15 is 0 Å². The lowest BCUT2D eigenvalue weighted by atomic mass is 9.98. The number of aryl methyl sites for hydroxylation is 1. The first-order chi connectivity index (χ1) is 12.7. The van der Waals surface area contributed by atoms with Gasteiger partial charge in [-0.05, 0) is 43.4 Å². The van der Waals surface area contributed by atoms with Gasteiger partial charge in [-0.15, -0.1) is 22.7 Å². The number of anilines is 1. The van der Waals surface area contributed by atoms with Gasteiger partial charge in [0.15, 0.2) is 5.13 Å². The van der Waals surface area contributed by atoms with Crippen LogP contribution in [-0.4, -0.2) is 35.5 Å². The Morgan fingerprint density at radius 2 is 2.35 bits per heavy atom. The molecular weight excluding hydrogens is 364 g/mol. The lowest BCUT2D eigenvalue weighted by molar-refractivity contribution is 0.0946. The number of fused-ring (bicyclic) bond motifs is 1. The third-order valence-electron chi connectivity index (χ3n) is 4.76. The van der Waals surface area contributed by atoms with E-state index in [2.05, 4.69) is 27.1 Å². The molecule has 1 amide bonds. The summed E-state index contributed by atoms with van der Waals surface area (Å²) < 4.78 is 1.09. The number of amides is 1. The fourth-order valence-corrected chi connectivity index (χ4v) is 5.01. The normalized spacial score (nSPS) is 17.6. The zero-order valence-electron chi connectivity index (χ0n) is 14.8. The van der Waals surface area contributed by atoms with Gasteiger partial charge in [0.2, 0.25) is 0 Å². The lowest BCUT2D eigenvalue weighted by Gasteiger charge is -2.32. The first-order valence-corrected chi connectivity index (χ1v) is 10.7. The average molecular weight is 387 g/mol. The van der Waals surface area contributed by atoms with Gasteiger partial charge in [-0.1, -0.05) is 6.92 Å². The van der Waals surface area contributed by atoms with Gasteiger partial charge < -0.3 is 10.2 Å². The summed E-state index contributed by atoms with van der Waals surface area (Å²) in [6.45, 7) is 4.83. The van der Waals surface area contributed by atoms with Crippen LogP contribution in [0.1, 0.15) is 35.1 Å². The van der Waals surface area contributed by atoms with Crippen LogP contribution in [0, 0.1) is 5.92 Å². The minimum Gasteiger partial charge on any atom is -0.352 e. The molecule has 7 heteroatoms. The highest BCUT2D eigenvalue weighted by atomic mass is 32.1. The first kappa shape index (κ1) is 17.4. The summed E-state index contributed by atoms with van der Waals surface area (Å²) in [4.78, 5) is 23.9. The van der Waals surface area contributed by atoms with Crippen molar-refractivity contribution >= 4 is 43.9 Å². The number of aromatic nitrogens is 2. The zero-order chi connectivity index (χ0) is 17.9. The number of nitrogens with zero attached hydrogens (tertiary/aromatic N) is 3. The van der Waals surface area contributed by atoms with Crippen LogP contribution in [0.25, 0.3) is 10.2 Å². The van der Waals surface area contributed by atoms with Crippen LogP contribution >= 0.6 is 22.7 Å². The molecule has 3 aromatic rings. The van der Waals surface area contributed by atoms with E-state index < -0.39 is 0 Å². The Labute approximate surface area is 161 Å². The molecule has 26 heavy (non-hydrogen) atoms. The maximum atomic E-state index is 12.6. The molecule has 1 atom stereocenters. The lowest BCUT2D eigenvalue weighted by Crippen LogP contribution is -2.41. The van der Waals surface area contributed by atoms with Crippen LogP contribution < -0.4 is 10.2 Å². The maximum absolute atomic E-state index is 12.6. The number of hydrogen-bond acceptors (Lipinski definition) is 6. The van der Waals surface area contributed by atoms with E-state index in [4.69, 9.17) is 0 Å². The van der Waals surface area contributed by atoms with Crippen molar-refractivity contribution in [3.63, 3.8) is 0 Å². The molecule has 1 saturated heterocycles. The first-order valence-electron chi connectivity index (χ1n) is 9.05. The smallest absolute Gasteiger partial charge is 0.251 e. The van der Waals surface area contributed by atoms with Crippen molar-refractivity contribution in [2.75, 3.05) is 24.5 Å². The molecular formula is C19H22N4OS2. The van der Waals surface area contributed by atoms with Crippen molar-refractivity contribution in [1.29, 1.82) is 0 Å². The van der Waals surface area contributed by atoms with E-state index in [1.807, 2.05) is 29.8 Å². The van der Waals surface area contributed by atoms with E-state index in [9.17, 15) is 4.79 Å². The van der Waals surface area contributed by atoms with Crippen molar-refractivity contribution < 1.29 is 4.79 Å². The molecule has 1 aliphatic rings. The SMILES string of the molecule is CCc1nc2ccc(C(=O)NCC3CCCN(c4nccs4)C3)cc2s1. The third kappa shape index (κ3) is 3.73. The second kappa shape index (κ2) is 7.72. The molecule has 1 unspecified atom stereocenters. The number of hydrogen-bond donors (Lipinski definition) is 1. The highest BCUT2D eigenvalue weighted by molar-refractivity contribution is 7.18. The number of carbonyl (C=O) groups is 1. The van der Waals surface area contributed by atoms with Crippen molar-refractivity contribution in [2.45, 2.75) is 26.2 Å². The molecule has 1 aromatic carbocycles. The minimum absolute atomic E-state index is 0.00437. The molecule has 136 valence electrons. The van der Waals surface area contributed by atoms with Gasteiger partial charge >= 0.3 is 0 Å². The number of carbonyl (C=O) groups excluding carboxylic acids is 1. The molecule has 0 spiro atoms. The van der Waals surface area contributed by atoms with Crippen molar-refractivity contribution in [1.82, 2.24) is 15.3 Å². The predicted molar refractivity (Wildman–Crippen MR) is 108 cm³/mol. The maximum Gasteiger partial charge on any atom is 0.251 e. The van der Waals surface area contributed by atoms with Crippen LogP contribution in [0.5, 0.6) is 0 Å². The Morgan fingerprint density at radius 1 is 1.42 bits per heavy atom. The van der Waals surface area contributed by atoms with Gasteiger partial charge in [0.05, 0.1) is 15.2 Å². The second-order valence-electron chi connectivity index (χ2n) is 6.62. The number of piperidine rings is 1. The zero-order valence-corrected chi connectivity index (χ0v) is 16.4. The molecule has 0 bridgehead atoms. The summed E-state index contributed by atoms with van der Waals surface area (Å²) in [5.74, 6) is 0.472. The minimum atomic E-state index is 0.00437. The topological polar surface area (TPSA) is 58.1 Å². The van der Waals surface area contributed by atoms with Crippen molar-refractivity contribution in [2.24, 2.45) is 5.92 Å². The number of benzene rings is 1. The van der Waals surface area contributed by atoms with Gasteiger partial charge in [0, 0.05) is 36.8 Å². The Bertz CT molecular complexity index is 890. The van der Waals surface area contributed by atoms with Crippen LogP contribution in [-0.2, 0) is 6.42 Å². The summed E-state index contributed by atoms with van der Waals surface area (Å²) in [5.41, 5.74) is 1.70. The van der Waals surface area contributed by atoms with Gasteiger partial charge in [0.1, 0.15) is 0 Å². The molecule has 0 saturated carbocycles. The highest BCUT2D eigenvalue weighted by Crippen LogP contribution is 2.25. The van der Waals surface area contributed by atoms with Gasteiger partial charge in [-0.3, -0.25) is 4.79 Å². The van der Waals surface area contributed by atoms with Crippen LogP contribution in [0.3, 0.4) is 0 Å². The summed E-state index contributed by atoms with van der Waals surface area (Å²) in [7, 11) is 0. The fraction of sp³-hybridized carbons (Fsp3) is 0.421. The standard InChI is InChI=1S/C19H22N4OS2/c1-2-17-22-15-6-5-14(10-16(15)26-17)18(24)21-11-13-4-3-8-23(12-13)19-20-7-9-25-19/h5-7,9-10,13H,2-4,8,11-12H2,1H3,(H,21,24). The molecule has 5 nitrogen and oxygen atoms in total. The quantitative estimate of drug-likeness (QED) is 0.721. The average Bonchev–Trinajstić information content (AvgIpc) is 3.35. The van der Waals surface area contributed by atoms with E-state index in [-0.39, 0.29) is 5.91 Å². The van der Waals surface area contributed by atoms with Gasteiger partial charge in [-0.2, -0.15) is 0 Å². The summed E-state index contributed by atoms with van der Waals surface area (Å²) in [6.07, 6.45) is 5.08. The number of nitrogens with one attached hydrogen (secondary N) is 1. The molecule has 1 fully saturated rings. The number of rotatable bonds is 5. The van der Waals surface area contributed by atoms with Crippen molar-refractivity contribution in [3.8, 4) is 0 Å². The van der Waals surface area contributed by atoms with Crippen LogP contribution in [0.4, 0.5) is 5.13 Å². The van der Waals surface area contributed by atoms with Crippen LogP contribution in [0.15, 0.2) is 29.8 Å². The molecule has 3 heterocycles. The molecule has 1 aliphatic heterocycles. The molecule has 0 aliphatic carbocycles. The Hall–Kier alpha value is -1.99. The molecule has 0 radical (unpaired) electrons. The third-order valence-corrected chi connectivity index (χ3v) is 6.75. The van der Waals surface area contributed by atoms with E-state index in [1.54, 1.807) is 22.7 Å². The largest absolute Gasteiger partial charge is 0.352 e. The summed E-state index contributed by atoms with van der Waals surface area (Å²) in [5, 5.41) is 7.34. The Kier molecular flexibility index (Phi) is 5.17. The molecule has 2 aromatic heterocycles. The van der Waals surface area contributed by atoms with Crippen LogP contribution in [0.2, 0.25) is 0 Å². The predicted octanol–water partition coefficient (Wildman–Crippen LogP) is 3.96. The van der Waals surface area contributed by atoms with Crippen molar-refractivity contribution in [3.05, 3.63) is 40.3 Å². The second-order valence-corrected chi connectivity index (χ2v) is 8.61. The van der Waals surface area contributed by atoms with E-state index in [1.165, 1.54) is 0 Å².